The molecule has 0 atom stereocenters. The maximum absolute atomic E-state index is 2.56. The molecule has 0 aliphatic carbocycles. The summed E-state index contributed by atoms with van der Waals surface area (Å²) in [6, 6.07) is 8.81. The zero-order chi connectivity index (χ0) is 14.5. The average Bonchev–Trinajstić information content (AvgIpc) is 2.85. The molecule has 0 radical (unpaired) electrons. The number of benzene rings is 1. The zero-order valence-electron chi connectivity index (χ0n) is 13.7. The van der Waals surface area contributed by atoms with Crippen LogP contribution in [0.4, 0.5) is 0 Å². The molecular weight excluding hydrogens is 230 g/mol. The minimum absolute atomic E-state index is 1.17. The fourth-order valence-corrected chi connectivity index (χ4v) is 2.15. The molecule has 19 heavy (non-hydrogen) atoms. The van der Waals surface area contributed by atoms with Crippen LogP contribution in [0.2, 0.25) is 0 Å². The molecule has 110 valence electrons. The minimum atomic E-state index is 1.17. The molecule has 0 N–H and O–H groups in total. The van der Waals surface area contributed by atoms with Crippen molar-refractivity contribution in [2.24, 2.45) is 0 Å². The van der Waals surface area contributed by atoms with Crippen LogP contribution in [0.5, 0.6) is 0 Å². The van der Waals surface area contributed by atoms with Crippen molar-refractivity contribution >= 4 is 0 Å². The topological polar surface area (TPSA) is 3.24 Å². The van der Waals surface area contributed by atoms with Crippen molar-refractivity contribution in [1.82, 2.24) is 4.90 Å². The molecule has 1 aromatic carbocycles. The van der Waals surface area contributed by atoms with E-state index in [2.05, 4.69) is 49.9 Å². The van der Waals surface area contributed by atoms with E-state index in [1.807, 2.05) is 13.8 Å². The van der Waals surface area contributed by atoms with Crippen LogP contribution in [0.1, 0.15) is 71.4 Å². The first kappa shape index (κ1) is 18.2. The Labute approximate surface area is 121 Å². The normalized spacial score (nSPS) is 12.9. The Morgan fingerprint density at radius 1 is 0.895 bits per heavy atom. The van der Waals surface area contributed by atoms with E-state index in [1.54, 1.807) is 0 Å². The average molecular weight is 263 g/mol. The molecule has 0 amide bonds. The second-order valence-electron chi connectivity index (χ2n) is 4.89. The van der Waals surface area contributed by atoms with Crippen LogP contribution in [0.15, 0.2) is 24.3 Å². The quantitative estimate of drug-likeness (QED) is 0.636. The van der Waals surface area contributed by atoms with Crippen molar-refractivity contribution in [3.63, 3.8) is 0 Å². The summed E-state index contributed by atoms with van der Waals surface area (Å²) in [5, 5.41) is 0. The number of hydrogen-bond acceptors (Lipinski definition) is 1. The first-order valence-corrected chi connectivity index (χ1v) is 8.10. The number of fused-ring (bicyclic) bond motifs is 1. The van der Waals surface area contributed by atoms with Gasteiger partial charge in [0.1, 0.15) is 0 Å². The van der Waals surface area contributed by atoms with Gasteiger partial charge in [-0.15, -0.1) is 0 Å². The van der Waals surface area contributed by atoms with Crippen LogP contribution in [-0.4, -0.2) is 11.4 Å². The molecule has 1 aromatic rings. The third-order valence-electron chi connectivity index (χ3n) is 2.98. The van der Waals surface area contributed by atoms with Crippen molar-refractivity contribution in [3.05, 3.63) is 35.4 Å². The number of nitrogens with zero attached hydrogens (tertiary/aromatic N) is 1. The van der Waals surface area contributed by atoms with E-state index in [1.165, 1.54) is 56.4 Å². The summed E-state index contributed by atoms with van der Waals surface area (Å²) in [5.74, 6) is 0. The highest BCUT2D eigenvalue weighted by Gasteiger charge is 2.16. The van der Waals surface area contributed by atoms with E-state index in [0.717, 1.165) is 0 Å². The molecule has 0 saturated carbocycles. The summed E-state index contributed by atoms with van der Waals surface area (Å²) in [6.07, 6.45) is 5.29. The maximum atomic E-state index is 2.56. The molecule has 2 rings (SSSR count). The number of hydrogen-bond donors (Lipinski definition) is 0. The van der Waals surface area contributed by atoms with E-state index >= 15 is 0 Å². The van der Waals surface area contributed by atoms with Crippen molar-refractivity contribution < 1.29 is 0 Å². The van der Waals surface area contributed by atoms with Gasteiger partial charge in [0.2, 0.25) is 0 Å². The Kier molecular flexibility index (Phi) is 11.7. The van der Waals surface area contributed by atoms with Gasteiger partial charge < -0.3 is 0 Å². The second-order valence-corrected chi connectivity index (χ2v) is 4.89. The number of rotatable bonds is 4. The predicted octanol–water partition coefficient (Wildman–Crippen LogP) is 5.63. The van der Waals surface area contributed by atoms with Gasteiger partial charge >= 0.3 is 0 Å². The lowest BCUT2D eigenvalue weighted by atomic mass is 10.1. The van der Waals surface area contributed by atoms with Gasteiger partial charge in [-0.3, -0.25) is 4.90 Å². The van der Waals surface area contributed by atoms with E-state index in [-0.39, 0.29) is 0 Å². The van der Waals surface area contributed by atoms with Gasteiger partial charge in [-0.1, -0.05) is 78.1 Å². The summed E-state index contributed by atoms with van der Waals surface area (Å²) < 4.78 is 0. The fraction of sp³-hybridized carbons (Fsp3) is 0.667. The standard InChI is InChI=1S/C13H19N.C3H8.C2H6/c1-2-3-6-9-14-10-12-7-4-5-8-13(12)11-14;1-3-2;1-2/h4-5,7-8H,2-3,6,9-11H2,1H3;3H2,1-2H3;1-2H3. The third-order valence-corrected chi connectivity index (χ3v) is 2.98. The van der Waals surface area contributed by atoms with Crippen LogP contribution < -0.4 is 0 Å². The first-order valence-electron chi connectivity index (χ1n) is 8.10. The third kappa shape index (κ3) is 7.37. The molecule has 0 saturated heterocycles. The molecule has 0 fully saturated rings. The minimum Gasteiger partial charge on any atom is -0.295 e. The van der Waals surface area contributed by atoms with E-state index < -0.39 is 0 Å². The van der Waals surface area contributed by atoms with Gasteiger partial charge in [0.15, 0.2) is 0 Å². The molecule has 0 aromatic heterocycles. The molecule has 1 heterocycles. The Balaban J connectivity index is 0.000000573. The maximum Gasteiger partial charge on any atom is 0.0240 e. The van der Waals surface area contributed by atoms with Crippen LogP contribution in [0.25, 0.3) is 0 Å². The van der Waals surface area contributed by atoms with Gasteiger partial charge in [0, 0.05) is 13.1 Å². The Bertz CT molecular complexity index is 281. The lowest BCUT2D eigenvalue weighted by molar-refractivity contribution is 0.277. The highest BCUT2D eigenvalue weighted by Crippen LogP contribution is 2.22. The molecular formula is C18H33N. The second kappa shape index (κ2) is 12.2. The van der Waals surface area contributed by atoms with Crippen molar-refractivity contribution in [2.45, 2.75) is 73.4 Å². The highest BCUT2D eigenvalue weighted by molar-refractivity contribution is 5.30. The predicted molar refractivity (Wildman–Crippen MR) is 87.4 cm³/mol. The fourth-order valence-electron chi connectivity index (χ4n) is 2.15. The molecule has 0 bridgehead atoms. The summed E-state index contributed by atoms with van der Waals surface area (Å²) in [6.45, 7) is 14.1. The first-order chi connectivity index (χ1) is 9.31. The summed E-state index contributed by atoms with van der Waals surface area (Å²) in [5.41, 5.74) is 3.06. The summed E-state index contributed by atoms with van der Waals surface area (Å²) in [4.78, 5) is 2.56. The van der Waals surface area contributed by atoms with Crippen molar-refractivity contribution in [2.75, 3.05) is 6.54 Å². The zero-order valence-corrected chi connectivity index (χ0v) is 13.7. The number of unbranched alkanes of at least 4 members (excludes halogenated alkanes) is 2. The molecule has 1 aliphatic rings. The molecule has 0 spiro atoms. The Morgan fingerprint density at radius 2 is 1.37 bits per heavy atom. The smallest absolute Gasteiger partial charge is 0.0240 e. The van der Waals surface area contributed by atoms with Gasteiger partial charge in [-0.2, -0.15) is 0 Å². The summed E-state index contributed by atoms with van der Waals surface area (Å²) >= 11 is 0. The molecule has 1 aliphatic heterocycles. The highest BCUT2D eigenvalue weighted by atomic mass is 15.1. The van der Waals surface area contributed by atoms with Gasteiger partial charge in [-0.05, 0) is 24.1 Å². The van der Waals surface area contributed by atoms with Gasteiger partial charge in [-0.25, -0.2) is 0 Å². The SMILES string of the molecule is CC.CCC.CCCCCN1Cc2ccccc2C1. The lowest BCUT2D eigenvalue weighted by Crippen LogP contribution is -2.17. The van der Waals surface area contributed by atoms with E-state index in [9.17, 15) is 0 Å². The van der Waals surface area contributed by atoms with Gasteiger partial charge in [0.25, 0.3) is 0 Å². The lowest BCUT2D eigenvalue weighted by Gasteiger charge is -2.13. The van der Waals surface area contributed by atoms with Crippen molar-refractivity contribution in [3.8, 4) is 0 Å². The van der Waals surface area contributed by atoms with E-state index in [4.69, 9.17) is 0 Å². The van der Waals surface area contributed by atoms with Crippen LogP contribution >= 0.6 is 0 Å². The van der Waals surface area contributed by atoms with E-state index in [0.29, 0.717) is 0 Å². The van der Waals surface area contributed by atoms with Crippen LogP contribution in [-0.2, 0) is 13.1 Å². The molecule has 1 nitrogen and oxygen atoms in total. The van der Waals surface area contributed by atoms with Crippen molar-refractivity contribution in [1.29, 1.82) is 0 Å². The van der Waals surface area contributed by atoms with Gasteiger partial charge in [0.05, 0.1) is 0 Å². The summed E-state index contributed by atoms with van der Waals surface area (Å²) in [7, 11) is 0. The van der Waals surface area contributed by atoms with Crippen LogP contribution in [0.3, 0.4) is 0 Å². The molecule has 0 unspecified atom stereocenters. The largest absolute Gasteiger partial charge is 0.295 e. The Hall–Kier alpha value is -0.820. The Morgan fingerprint density at radius 3 is 1.79 bits per heavy atom. The molecule has 1 heteroatoms. The monoisotopic (exact) mass is 263 g/mol. The van der Waals surface area contributed by atoms with Crippen LogP contribution in [0, 0.1) is 0 Å².